The summed E-state index contributed by atoms with van der Waals surface area (Å²) in [5, 5.41) is 3.46. The van der Waals surface area contributed by atoms with E-state index in [0.29, 0.717) is 45.1 Å². The monoisotopic (exact) mass is 453 g/mol. The molecule has 0 spiro atoms. The molecule has 1 fully saturated rings. The van der Waals surface area contributed by atoms with E-state index in [-0.39, 0.29) is 11.6 Å². The molecule has 6 rings (SSSR count). The van der Waals surface area contributed by atoms with Crippen molar-refractivity contribution < 1.29 is 14.3 Å². The summed E-state index contributed by atoms with van der Waals surface area (Å²) < 4.78 is 6.28. The summed E-state index contributed by atoms with van der Waals surface area (Å²) in [4.78, 5) is 34.6. The molecular weight excluding hydrogens is 426 g/mol. The first kappa shape index (κ1) is 21.1. The van der Waals surface area contributed by atoms with E-state index in [1.54, 1.807) is 24.3 Å². The number of nitrogens with one attached hydrogen (secondary N) is 1. The van der Waals surface area contributed by atoms with Crippen LogP contribution >= 0.6 is 0 Å². The molecule has 0 bridgehead atoms. The number of allylic oxidation sites excluding steroid dienone is 1. The van der Waals surface area contributed by atoms with Crippen LogP contribution in [0.1, 0.15) is 45.5 Å². The second-order valence-corrected chi connectivity index (χ2v) is 9.37. The Morgan fingerprint density at radius 2 is 1.76 bits per heavy atom. The molecule has 1 unspecified atom stereocenters. The van der Waals surface area contributed by atoms with Crippen molar-refractivity contribution in [1.82, 2.24) is 10.2 Å². The molecule has 2 aromatic carbocycles. The number of hydrogen-bond acceptors (Lipinski definition) is 6. The number of fused-ring (bicyclic) bond motifs is 4. The quantitative estimate of drug-likeness (QED) is 0.688. The van der Waals surface area contributed by atoms with Crippen LogP contribution in [0.2, 0.25) is 0 Å². The third-order valence-corrected chi connectivity index (χ3v) is 7.01. The number of likely N-dealkylation sites (tertiary alicyclic amines) is 1. The summed E-state index contributed by atoms with van der Waals surface area (Å²) in [7, 11) is 0. The van der Waals surface area contributed by atoms with Gasteiger partial charge in [-0.2, -0.15) is 0 Å². The van der Waals surface area contributed by atoms with Crippen LogP contribution < -0.4 is 10.1 Å². The summed E-state index contributed by atoms with van der Waals surface area (Å²) in [6, 6.07) is 12.9. The van der Waals surface area contributed by atoms with Crippen LogP contribution in [0.5, 0.6) is 5.75 Å². The van der Waals surface area contributed by atoms with Crippen molar-refractivity contribution in [2.24, 2.45) is 4.99 Å². The number of carbonyl (C=O) groups excluding carboxylic acids is 2. The van der Waals surface area contributed by atoms with Gasteiger partial charge in [-0.15, -0.1) is 0 Å². The van der Waals surface area contributed by atoms with Crippen LogP contribution in [0, 0.1) is 6.92 Å². The topological polar surface area (TPSA) is 71.0 Å². The van der Waals surface area contributed by atoms with Crippen molar-refractivity contribution in [2.45, 2.75) is 32.3 Å². The molecule has 1 N–H and O–H groups in total. The van der Waals surface area contributed by atoms with Crippen LogP contribution in [-0.4, -0.2) is 54.5 Å². The highest BCUT2D eigenvalue weighted by atomic mass is 16.5. The number of aryl methyl sites for hydroxylation is 1. The first-order valence-electron chi connectivity index (χ1n) is 12.1. The molecule has 0 radical (unpaired) electrons. The Bertz CT molecular complexity index is 1300. The fourth-order valence-electron chi connectivity index (χ4n) is 5.30. The normalized spacial score (nSPS) is 21.1. The van der Waals surface area contributed by atoms with E-state index in [9.17, 15) is 9.59 Å². The van der Waals surface area contributed by atoms with Gasteiger partial charge in [0.05, 0.1) is 16.9 Å². The van der Waals surface area contributed by atoms with Crippen LogP contribution in [0.3, 0.4) is 0 Å². The smallest absolute Gasteiger partial charge is 0.196 e. The lowest BCUT2D eigenvalue weighted by Gasteiger charge is -2.33. The fourth-order valence-corrected chi connectivity index (χ4v) is 5.30. The third-order valence-electron chi connectivity index (χ3n) is 7.01. The molecule has 2 aromatic rings. The van der Waals surface area contributed by atoms with Gasteiger partial charge in [0.15, 0.2) is 17.7 Å². The fraction of sp³-hybridized carbons (Fsp3) is 0.321. The summed E-state index contributed by atoms with van der Waals surface area (Å²) in [5.74, 6) is 0.376. The van der Waals surface area contributed by atoms with Crippen molar-refractivity contribution in [3.05, 3.63) is 82.1 Å². The second kappa shape index (κ2) is 8.37. The van der Waals surface area contributed by atoms with Crippen LogP contribution in [0.4, 0.5) is 5.69 Å². The van der Waals surface area contributed by atoms with Crippen molar-refractivity contribution in [2.75, 3.05) is 26.2 Å². The average molecular weight is 454 g/mol. The molecule has 2 aliphatic carbocycles. The van der Waals surface area contributed by atoms with Crippen molar-refractivity contribution in [3.63, 3.8) is 0 Å². The van der Waals surface area contributed by atoms with Gasteiger partial charge in [-0.25, -0.2) is 4.99 Å². The number of benzene rings is 2. The molecule has 172 valence electrons. The lowest BCUT2D eigenvalue weighted by atomic mass is 9.76. The maximum Gasteiger partial charge on any atom is 0.196 e. The van der Waals surface area contributed by atoms with Crippen LogP contribution in [0.25, 0.3) is 0 Å². The largest absolute Gasteiger partial charge is 0.478 e. The molecule has 0 amide bonds. The zero-order valence-electron chi connectivity index (χ0n) is 19.3. The zero-order chi connectivity index (χ0) is 23.2. The standard InChI is InChI=1S/C28H27N3O3/c1-17-9-10-22-20(15-17)30-26-23(34-22)16-21(29-11-6-14-31-12-4-5-13-31)24-25(26)28(33)19-8-3-2-7-18(19)27(24)32/h2-3,7-10,15-16,23,29H,4-6,11-14H2,1H3. The number of carbonyl (C=O) groups is 2. The maximum absolute atomic E-state index is 13.7. The van der Waals surface area contributed by atoms with E-state index >= 15 is 0 Å². The molecular formula is C28H27N3O3. The number of nitrogens with zero attached hydrogens (tertiary/aromatic N) is 2. The summed E-state index contributed by atoms with van der Waals surface area (Å²) >= 11 is 0. The van der Waals surface area contributed by atoms with E-state index < -0.39 is 6.10 Å². The highest BCUT2D eigenvalue weighted by Crippen LogP contribution is 2.41. The molecule has 1 atom stereocenters. The van der Waals surface area contributed by atoms with Gasteiger partial charge in [0, 0.05) is 23.4 Å². The molecule has 1 saturated heterocycles. The number of Topliss-reactive ketones (excluding diaryl/α,β-unsaturated/α-hetero) is 2. The molecule has 6 heteroatoms. The Hall–Kier alpha value is -3.51. The average Bonchev–Trinajstić information content (AvgIpc) is 3.37. The first-order valence-corrected chi connectivity index (χ1v) is 12.1. The molecule has 4 aliphatic rings. The van der Waals surface area contributed by atoms with Crippen molar-refractivity contribution in [1.29, 1.82) is 0 Å². The number of rotatable bonds is 5. The highest BCUT2D eigenvalue weighted by molar-refractivity contribution is 6.40. The van der Waals surface area contributed by atoms with Gasteiger partial charge in [0.1, 0.15) is 11.4 Å². The van der Waals surface area contributed by atoms with E-state index in [1.807, 2.05) is 31.2 Å². The van der Waals surface area contributed by atoms with Gasteiger partial charge in [0.25, 0.3) is 0 Å². The molecule has 2 aliphatic heterocycles. The van der Waals surface area contributed by atoms with Crippen molar-refractivity contribution >= 4 is 23.0 Å². The van der Waals surface area contributed by atoms with E-state index in [2.05, 4.69) is 10.2 Å². The predicted molar refractivity (Wildman–Crippen MR) is 131 cm³/mol. The summed E-state index contributed by atoms with van der Waals surface area (Å²) in [6.45, 7) is 6.07. The SMILES string of the molecule is Cc1ccc2c(c1)N=C1C3=C(C(=O)c4ccccc4C3=O)C(NCCCN3CCCC3)=CC1O2. The lowest BCUT2D eigenvalue weighted by molar-refractivity contribution is 0.0978. The van der Waals surface area contributed by atoms with Gasteiger partial charge in [-0.1, -0.05) is 30.3 Å². The van der Waals surface area contributed by atoms with Crippen LogP contribution in [0.15, 0.2) is 70.4 Å². The minimum atomic E-state index is -0.517. The molecule has 2 heterocycles. The third kappa shape index (κ3) is 3.49. The molecule has 0 saturated carbocycles. The Morgan fingerprint density at radius 3 is 2.53 bits per heavy atom. The predicted octanol–water partition coefficient (Wildman–Crippen LogP) is 4.18. The van der Waals surface area contributed by atoms with E-state index in [0.717, 1.165) is 38.2 Å². The first-order chi connectivity index (χ1) is 16.6. The number of hydrogen-bond donors (Lipinski definition) is 1. The minimum absolute atomic E-state index is 0.139. The number of aliphatic imine (C=N–C) groups is 1. The lowest BCUT2D eigenvalue weighted by Crippen LogP contribution is -2.42. The van der Waals surface area contributed by atoms with Gasteiger partial charge in [-0.3, -0.25) is 9.59 Å². The molecule has 0 aromatic heterocycles. The summed E-state index contributed by atoms with van der Waals surface area (Å²) in [6.07, 6.45) is 4.90. The van der Waals surface area contributed by atoms with E-state index in [1.165, 1.54) is 12.8 Å². The Morgan fingerprint density at radius 1 is 1.03 bits per heavy atom. The Kier molecular flexibility index (Phi) is 5.18. The number of ether oxygens (including phenoxy) is 1. The van der Waals surface area contributed by atoms with Gasteiger partial charge >= 0.3 is 0 Å². The van der Waals surface area contributed by atoms with Gasteiger partial charge < -0.3 is 15.0 Å². The molecule has 34 heavy (non-hydrogen) atoms. The summed E-state index contributed by atoms with van der Waals surface area (Å²) in [5.41, 5.74) is 4.59. The minimum Gasteiger partial charge on any atom is -0.478 e. The Balaban J connectivity index is 1.38. The zero-order valence-corrected chi connectivity index (χ0v) is 19.3. The highest BCUT2D eigenvalue weighted by Gasteiger charge is 2.42. The van der Waals surface area contributed by atoms with Crippen molar-refractivity contribution in [3.8, 4) is 5.75 Å². The number of ketones is 2. The van der Waals surface area contributed by atoms with Crippen LogP contribution in [-0.2, 0) is 0 Å². The second-order valence-electron chi connectivity index (χ2n) is 9.37. The van der Waals surface area contributed by atoms with Gasteiger partial charge in [0.2, 0.25) is 0 Å². The Labute approximate surface area is 199 Å². The maximum atomic E-state index is 13.7. The molecule has 6 nitrogen and oxygen atoms in total. The van der Waals surface area contributed by atoms with E-state index in [4.69, 9.17) is 9.73 Å². The van der Waals surface area contributed by atoms with Gasteiger partial charge in [-0.05, 0) is 69.6 Å².